The van der Waals surface area contributed by atoms with Gasteiger partial charge in [0.1, 0.15) is 3.23 Å². The molecule has 10 heavy (non-hydrogen) atoms. The van der Waals surface area contributed by atoms with Crippen molar-refractivity contribution < 1.29 is 0 Å². The number of benzene rings is 1. The highest BCUT2D eigenvalue weighted by Gasteiger charge is 2.16. The van der Waals surface area contributed by atoms with Gasteiger partial charge in [0.15, 0.2) is 0 Å². The van der Waals surface area contributed by atoms with Crippen LogP contribution in [0.5, 0.6) is 0 Å². The Morgan fingerprint density at radius 1 is 1.10 bits per heavy atom. The van der Waals surface area contributed by atoms with Crippen molar-refractivity contribution in [2.45, 2.75) is 10.2 Å². The van der Waals surface area contributed by atoms with E-state index >= 15 is 0 Å². The molecule has 0 nitrogen and oxygen atoms in total. The quantitative estimate of drug-likeness (QED) is 0.679. The van der Waals surface area contributed by atoms with Crippen LogP contribution in [0.4, 0.5) is 0 Å². The molecule has 0 saturated carbocycles. The molecule has 0 unspecified atom stereocenters. The summed E-state index contributed by atoms with van der Waals surface area (Å²) in [5, 5.41) is 0. The SMILES string of the molecule is CC(Br)(Br)c1ccccc1. The Hall–Kier alpha value is 0.180. The lowest BCUT2D eigenvalue weighted by molar-refractivity contribution is 1.06. The molecule has 54 valence electrons. The van der Waals surface area contributed by atoms with E-state index in [1.165, 1.54) is 5.56 Å². The molecule has 0 aliphatic carbocycles. The van der Waals surface area contributed by atoms with Crippen LogP contribution in [-0.4, -0.2) is 0 Å². The van der Waals surface area contributed by atoms with Crippen LogP contribution >= 0.6 is 31.9 Å². The molecule has 0 fully saturated rings. The summed E-state index contributed by atoms with van der Waals surface area (Å²) in [5.41, 5.74) is 1.23. The Labute approximate surface area is 77.9 Å². The number of rotatable bonds is 1. The Morgan fingerprint density at radius 3 is 1.90 bits per heavy atom. The number of halogens is 2. The maximum Gasteiger partial charge on any atom is 0.102 e. The molecule has 0 heterocycles. The van der Waals surface area contributed by atoms with E-state index in [9.17, 15) is 0 Å². The molecule has 1 aromatic carbocycles. The highest BCUT2D eigenvalue weighted by molar-refractivity contribution is 9.24. The Bertz CT molecular complexity index is 198. The van der Waals surface area contributed by atoms with Gasteiger partial charge < -0.3 is 0 Å². The Kier molecular flexibility index (Phi) is 2.53. The topological polar surface area (TPSA) is 0 Å². The number of hydrogen-bond donors (Lipinski definition) is 0. The van der Waals surface area contributed by atoms with E-state index in [2.05, 4.69) is 50.9 Å². The average Bonchev–Trinajstić information content (AvgIpc) is 1.88. The van der Waals surface area contributed by atoms with Crippen molar-refractivity contribution in [3.63, 3.8) is 0 Å². The third-order valence-electron chi connectivity index (χ3n) is 1.28. The van der Waals surface area contributed by atoms with Gasteiger partial charge in [0.05, 0.1) is 0 Å². The van der Waals surface area contributed by atoms with Crippen LogP contribution in [0.3, 0.4) is 0 Å². The monoisotopic (exact) mass is 262 g/mol. The molecule has 0 radical (unpaired) electrons. The van der Waals surface area contributed by atoms with E-state index in [0.29, 0.717) is 0 Å². The maximum atomic E-state index is 3.50. The Morgan fingerprint density at radius 2 is 1.60 bits per heavy atom. The van der Waals surface area contributed by atoms with Crippen molar-refractivity contribution in [3.05, 3.63) is 35.9 Å². The fraction of sp³-hybridized carbons (Fsp3) is 0.250. The van der Waals surface area contributed by atoms with E-state index in [-0.39, 0.29) is 3.23 Å². The molecule has 0 aliphatic rings. The summed E-state index contributed by atoms with van der Waals surface area (Å²) < 4.78 is -0.0821. The summed E-state index contributed by atoms with van der Waals surface area (Å²) >= 11 is 7.01. The maximum absolute atomic E-state index is 3.50. The van der Waals surface area contributed by atoms with Gasteiger partial charge in [0.2, 0.25) is 0 Å². The summed E-state index contributed by atoms with van der Waals surface area (Å²) in [5.74, 6) is 0. The Balaban J connectivity index is 2.97. The summed E-state index contributed by atoms with van der Waals surface area (Å²) in [7, 11) is 0. The standard InChI is InChI=1S/C8H8Br2/c1-8(9,10)7-5-3-2-4-6-7/h2-6H,1H3. The molecule has 0 spiro atoms. The van der Waals surface area contributed by atoms with E-state index < -0.39 is 0 Å². The molecule has 2 heteroatoms. The van der Waals surface area contributed by atoms with E-state index in [4.69, 9.17) is 0 Å². The van der Waals surface area contributed by atoms with Gasteiger partial charge in [0.25, 0.3) is 0 Å². The second-order valence-electron chi connectivity index (χ2n) is 2.25. The van der Waals surface area contributed by atoms with Crippen molar-refractivity contribution in [1.82, 2.24) is 0 Å². The lowest BCUT2D eigenvalue weighted by Crippen LogP contribution is -2.00. The zero-order chi connectivity index (χ0) is 7.61. The average molecular weight is 264 g/mol. The van der Waals surface area contributed by atoms with Crippen LogP contribution in [0.15, 0.2) is 30.3 Å². The molecular formula is C8H8Br2. The van der Waals surface area contributed by atoms with Crippen LogP contribution in [0.25, 0.3) is 0 Å². The van der Waals surface area contributed by atoms with Crippen LogP contribution < -0.4 is 0 Å². The minimum absolute atomic E-state index is 0.0821. The summed E-state index contributed by atoms with van der Waals surface area (Å²) in [4.78, 5) is 0. The summed E-state index contributed by atoms with van der Waals surface area (Å²) in [6, 6.07) is 10.2. The van der Waals surface area contributed by atoms with Crippen molar-refractivity contribution in [3.8, 4) is 0 Å². The fourth-order valence-corrected chi connectivity index (χ4v) is 1.26. The molecular weight excluding hydrogens is 256 g/mol. The molecule has 1 aromatic rings. The minimum Gasteiger partial charge on any atom is -0.0677 e. The van der Waals surface area contributed by atoms with Gasteiger partial charge in [-0.1, -0.05) is 62.2 Å². The molecule has 0 aromatic heterocycles. The second kappa shape index (κ2) is 3.05. The van der Waals surface area contributed by atoms with Crippen LogP contribution in [0.1, 0.15) is 12.5 Å². The predicted octanol–water partition coefficient (Wildman–Crippen LogP) is 3.65. The van der Waals surface area contributed by atoms with Crippen molar-refractivity contribution in [2.24, 2.45) is 0 Å². The molecule has 0 atom stereocenters. The normalized spacial score (nSPS) is 11.5. The smallest absolute Gasteiger partial charge is 0.0677 e. The first-order chi connectivity index (χ1) is 4.61. The van der Waals surface area contributed by atoms with Gasteiger partial charge in [0, 0.05) is 0 Å². The van der Waals surface area contributed by atoms with E-state index in [0.717, 1.165) is 0 Å². The molecule has 1 rings (SSSR count). The lowest BCUT2D eigenvalue weighted by Gasteiger charge is -2.13. The fourth-order valence-electron chi connectivity index (χ4n) is 0.731. The third-order valence-corrected chi connectivity index (χ3v) is 2.20. The van der Waals surface area contributed by atoms with Crippen molar-refractivity contribution >= 4 is 31.9 Å². The first-order valence-corrected chi connectivity index (χ1v) is 4.62. The van der Waals surface area contributed by atoms with Gasteiger partial charge in [-0.25, -0.2) is 0 Å². The zero-order valence-electron chi connectivity index (χ0n) is 5.64. The van der Waals surface area contributed by atoms with Crippen molar-refractivity contribution in [1.29, 1.82) is 0 Å². The molecule has 0 N–H and O–H groups in total. The third kappa shape index (κ3) is 2.10. The number of alkyl halides is 2. The highest BCUT2D eigenvalue weighted by atomic mass is 79.9. The van der Waals surface area contributed by atoms with Crippen molar-refractivity contribution in [2.75, 3.05) is 0 Å². The second-order valence-corrected chi connectivity index (χ2v) is 6.49. The van der Waals surface area contributed by atoms with Crippen LogP contribution in [-0.2, 0) is 3.23 Å². The zero-order valence-corrected chi connectivity index (χ0v) is 8.81. The predicted molar refractivity (Wildman–Crippen MR) is 51.6 cm³/mol. The highest BCUT2D eigenvalue weighted by Crippen LogP contribution is 2.36. The van der Waals surface area contributed by atoms with E-state index in [1.807, 2.05) is 18.2 Å². The van der Waals surface area contributed by atoms with Crippen LogP contribution in [0.2, 0.25) is 0 Å². The molecule has 0 amide bonds. The van der Waals surface area contributed by atoms with E-state index in [1.54, 1.807) is 0 Å². The lowest BCUT2D eigenvalue weighted by atomic mass is 10.2. The molecule has 0 bridgehead atoms. The van der Waals surface area contributed by atoms with Gasteiger partial charge in [-0.05, 0) is 12.5 Å². The first kappa shape index (κ1) is 8.28. The number of hydrogen-bond acceptors (Lipinski definition) is 0. The largest absolute Gasteiger partial charge is 0.102 e. The van der Waals surface area contributed by atoms with Gasteiger partial charge in [-0.3, -0.25) is 0 Å². The van der Waals surface area contributed by atoms with Gasteiger partial charge >= 0.3 is 0 Å². The summed E-state index contributed by atoms with van der Waals surface area (Å²) in [6.45, 7) is 2.06. The van der Waals surface area contributed by atoms with Gasteiger partial charge in [-0.2, -0.15) is 0 Å². The molecule has 0 saturated heterocycles. The first-order valence-electron chi connectivity index (χ1n) is 3.04. The summed E-state index contributed by atoms with van der Waals surface area (Å²) in [6.07, 6.45) is 0. The minimum atomic E-state index is -0.0821. The van der Waals surface area contributed by atoms with Gasteiger partial charge in [-0.15, -0.1) is 0 Å². The van der Waals surface area contributed by atoms with Crippen LogP contribution in [0, 0.1) is 0 Å². The molecule has 0 aliphatic heterocycles.